The minimum absolute atomic E-state index is 0.577. The summed E-state index contributed by atoms with van der Waals surface area (Å²) in [6.45, 7) is 2.50. The van der Waals surface area contributed by atoms with Gasteiger partial charge in [-0.15, -0.1) is 0 Å². The third-order valence-electron chi connectivity index (χ3n) is 3.07. The van der Waals surface area contributed by atoms with Crippen LogP contribution >= 0.6 is 15.9 Å². The van der Waals surface area contributed by atoms with Crippen LogP contribution in [-0.2, 0) is 0 Å². The van der Waals surface area contributed by atoms with Crippen LogP contribution in [0.1, 0.15) is 18.1 Å². The zero-order valence-electron chi connectivity index (χ0n) is 12.5. The van der Waals surface area contributed by atoms with Gasteiger partial charge in [-0.05, 0) is 48.4 Å². The highest BCUT2D eigenvalue weighted by molar-refractivity contribution is 9.10. The van der Waals surface area contributed by atoms with Gasteiger partial charge in [0.15, 0.2) is 11.5 Å². The van der Waals surface area contributed by atoms with Crippen molar-refractivity contribution in [3.63, 3.8) is 0 Å². The van der Waals surface area contributed by atoms with Gasteiger partial charge in [0, 0.05) is 4.47 Å². The second-order valence-electron chi connectivity index (χ2n) is 4.52. The van der Waals surface area contributed by atoms with Gasteiger partial charge in [0.1, 0.15) is 0 Å². The van der Waals surface area contributed by atoms with Gasteiger partial charge in [0.25, 0.3) is 0 Å². The molecule has 0 aliphatic rings. The van der Waals surface area contributed by atoms with E-state index in [9.17, 15) is 5.26 Å². The second kappa shape index (κ2) is 7.67. The molecule has 0 N–H and O–H groups in total. The lowest BCUT2D eigenvalue weighted by molar-refractivity contribution is 0.311. The number of ether oxygens (including phenoxy) is 2. The van der Waals surface area contributed by atoms with E-state index in [1.165, 1.54) is 0 Å². The number of hydrogen-bond acceptors (Lipinski definition) is 3. The van der Waals surface area contributed by atoms with E-state index in [1.54, 1.807) is 7.11 Å². The highest BCUT2D eigenvalue weighted by Gasteiger charge is 2.06. The van der Waals surface area contributed by atoms with Gasteiger partial charge in [0.05, 0.1) is 25.4 Å². The number of allylic oxidation sites excluding steroid dienone is 1. The lowest BCUT2D eigenvalue weighted by Gasteiger charge is -2.10. The Morgan fingerprint density at radius 2 is 1.91 bits per heavy atom. The van der Waals surface area contributed by atoms with Gasteiger partial charge in [-0.25, -0.2) is 0 Å². The zero-order chi connectivity index (χ0) is 15.9. The summed E-state index contributed by atoms with van der Waals surface area (Å²) in [6, 6.07) is 15.5. The van der Waals surface area contributed by atoms with Crippen molar-refractivity contribution >= 4 is 27.6 Å². The molecule has 0 aliphatic heterocycles. The predicted molar refractivity (Wildman–Crippen MR) is 91.8 cm³/mol. The molecule has 0 saturated carbocycles. The fraction of sp³-hybridized carbons (Fsp3) is 0.167. The van der Waals surface area contributed by atoms with Gasteiger partial charge in [0.2, 0.25) is 0 Å². The van der Waals surface area contributed by atoms with E-state index < -0.39 is 0 Å². The molecule has 0 bridgehead atoms. The summed E-state index contributed by atoms with van der Waals surface area (Å²) >= 11 is 3.39. The molecule has 0 spiro atoms. The minimum atomic E-state index is 0.577. The van der Waals surface area contributed by atoms with E-state index in [4.69, 9.17) is 9.47 Å². The fourth-order valence-electron chi connectivity index (χ4n) is 2.02. The van der Waals surface area contributed by atoms with Crippen molar-refractivity contribution in [2.75, 3.05) is 13.7 Å². The molecule has 2 aromatic carbocycles. The molecule has 0 amide bonds. The van der Waals surface area contributed by atoms with Crippen LogP contribution in [0, 0.1) is 11.3 Å². The standard InChI is InChI=1S/C18H16BrNO2/c1-3-22-17-9-4-13(11-18(17)21-2)10-15(12-20)14-5-7-16(19)8-6-14/h4-11H,3H2,1-2H3/b15-10+. The molecule has 0 aromatic heterocycles. The molecule has 0 atom stereocenters. The zero-order valence-corrected chi connectivity index (χ0v) is 14.1. The van der Waals surface area contributed by atoms with Crippen LogP contribution in [0.3, 0.4) is 0 Å². The molecule has 0 unspecified atom stereocenters. The first-order valence-electron chi connectivity index (χ1n) is 6.86. The lowest BCUT2D eigenvalue weighted by atomic mass is 10.0. The largest absolute Gasteiger partial charge is 0.493 e. The van der Waals surface area contributed by atoms with Gasteiger partial charge in [-0.2, -0.15) is 5.26 Å². The first kappa shape index (κ1) is 16.1. The van der Waals surface area contributed by atoms with Gasteiger partial charge < -0.3 is 9.47 Å². The van der Waals surface area contributed by atoms with E-state index in [-0.39, 0.29) is 0 Å². The first-order chi connectivity index (χ1) is 10.7. The van der Waals surface area contributed by atoms with Crippen molar-refractivity contribution in [3.8, 4) is 17.6 Å². The highest BCUT2D eigenvalue weighted by Crippen LogP contribution is 2.30. The van der Waals surface area contributed by atoms with Gasteiger partial charge in [-0.3, -0.25) is 0 Å². The average Bonchev–Trinajstić information content (AvgIpc) is 2.55. The summed E-state index contributed by atoms with van der Waals surface area (Å²) in [5.74, 6) is 1.35. The molecule has 3 nitrogen and oxygen atoms in total. The molecular weight excluding hydrogens is 342 g/mol. The second-order valence-corrected chi connectivity index (χ2v) is 5.44. The normalized spacial score (nSPS) is 10.9. The number of nitriles is 1. The summed E-state index contributed by atoms with van der Waals surface area (Å²) in [4.78, 5) is 0. The Labute approximate surface area is 138 Å². The lowest BCUT2D eigenvalue weighted by Crippen LogP contribution is -1.95. The van der Waals surface area contributed by atoms with Crippen molar-refractivity contribution in [2.24, 2.45) is 0 Å². The van der Waals surface area contributed by atoms with Crippen molar-refractivity contribution in [1.82, 2.24) is 0 Å². The van der Waals surface area contributed by atoms with Crippen molar-refractivity contribution < 1.29 is 9.47 Å². The summed E-state index contributed by atoms with van der Waals surface area (Å²) in [6.07, 6.45) is 1.83. The van der Waals surface area contributed by atoms with Crippen LogP contribution in [0.2, 0.25) is 0 Å². The third kappa shape index (κ3) is 3.90. The van der Waals surface area contributed by atoms with E-state index >= 15 is 0 Å². The van der Waals surface area contributed by atoms with Crippen molar-refractivity contribution in [2.45, 2.75) is 6.92 Å². The number of benzene rings is 2. The van der Waals surface area contributed by atoms with E-state index in [0.29, 0.717) is 23.7 Å². The first-order valence-corrected chi connectivity index (χ1v) is 7.65. The van der Waals surface area contributed by atoms with Crippen molar-refractivity contribution in [1.29, 1.82) is 5.26 Å². The number of rotatable bonds is 5. The van der Waals surface area contributed by atoms with Crippen LogP contribution in [0.25, 0.3) is 11.6 Å². The maximum Gasteiger partial charge on any atom is 0.161 e. The van der Waals surface area contributed by atoms with Crippen LogP contribution in [0.15, 0.2) is 46.9 Å². The van der Waals surface area contributed by atoms with Crippen LogP contribution in [0.4, 0.5) is 0 Å². The molecule has 0 radical (unpaired) electrons. The maximum absolute atomic E-state index is 9.39. The summed E-state index contributed by atoms with van der Waals surface area (Å²) in [7, 11) is 1.60. The molecule has 0 saturated heterocycles. The van der Waals surface area contributed by atoms with Gasteiger partial charge in [-0.1, -0.05) is 34.1 Å². The van der Waals surface area contributed by atoms with Crippen LogP contribution in [0.5, 0.6) is 11.5 Å². The number of methoxy groups -OCH3 is 1. The average molecular weight is 358 g/mol. The molecule has 0 fully saturated rings. The molecule has 22 heavy (non-hydrogen) atoms. The van der Waals surface area contributed by atoms with E-state index in [0.717, 1.165) is 15.6 Å². The Hall–Kier alpha value is -2.25. The van der Waals surface area contributed by atoms with Crippen LogP contribution in [-0.4, -0.2) is 13.7 Å². The number of halogens is 1. The maximum atomic E-state index is 9.39. The third-order valence-corrected chi connectivity index (χ3v) is 3.60. The molecule has 2 rings (SSSR count). The minimum Gasteiger partial charge on any atom is -0.493 e. The fourth-order valence-corrected chi connectivity index (χ4v) is 2.29. The Balaban J connectivity index is 2.37. The quantitative estimate of drug-likeness (QED) is 0.563. The Morgan fingerprint density at radius 1 is 1.18 bits per heavy atom. The monoisotopic (exact) mass is 357 g/mol. The molecular formula is C18H16BrNO2. The van der Waals surface area contributed by atoms with E-state index in [1.807, 2.05) is 55.5 Å². The Kier molecular flexibility index (Phi) is 5.62. The SMILES string of the molecule is CCOc1ccc(/C=C(\C#N)c2ccc(Br)cc2)cc1OC. The van der Waals surface area contributed by atoms with Crippen LogP contribution < -0.4 is 9.47 Å². The number of nitrogens with zero attached hydrogens (tertiary/aromatic N) is 1. The van der Waals surface area contributed by atoms with Crippen molar-refractivity contribution in [3.05, 3.63) is 58.1 Å². The topological polar surface area (TPSA) is 42.2 Å². The van der Waals surface area contributed by atoms with Gasteiger partial charge >= 0.3 is 0 Å². The Bertz CT molecular complexity index is 715. The smallest absolute Gasteiger partial charge is 0.161 e. The molecule has 4 heteroatoms. The van der Waals surface area contributed by atoms with E-state index in [2.05, 4.69) is 22.0 Å². The highest BCUT2D eigenvalue weighted by atomic mass is 79.9. The predicted octanol–water partition coefficient (Wildman–Crippen LogP) is 4.92. The molecule has 112 valence electrons. The molecule has 0 heterocycles. The summed E-state index contributed by atoms with van der Waals surface area (Å²) < 4.78 is 11.8. The number of hydrogen-bond donors (Lipinski definition) is 0. The summed E-state index contributed by atoms with van der Waals surface area (Å²) in [5.41, 5.74) is 2.36. The molecule has 0 aliphatic carbocycles. The molecule has 2 aromatic rings. The summed E-state index contributed by atoms with van der Waals surface area (Å²) in [5, 5.41) is 9.39. The Morgan fingerprint density at radius 3 is 2.50 bits per heavy atom.